The van der Waals surface area contributed by atoms with Crippen molar-refractivity contribution >= 4 is 17.2 Å². The molecule has 0 radical (unpaired) electrons. The molecule has 156 valence electrons. The van der Waals surface area contributed by atoms with Gasteiger partial charge in [0.25, 0.3) is 0 Å². The van der Waals surface area contributed by atoms with Crippen molar-refractivity contribution in [1.29, 1.82) is 0 Å². The van der Waals surface area contributed by atoms with Crippen LogP contribution in [-0.2, 0) is 11.2 Å². The number of hydrogen-bond donors (Lipinski definition) is 1. The van der Waals surface area contributed by atoms with Crippen molar-refractivity contribution in [3.63, 3.8) is 0 Å². The van der Waals surface area contributed by atoms with Crippen LogP contribution >= 0.6 is 0 Å². The molecule has 0 aliphatic carbocycles. The highest BCUT2D eigenvalue weighted by Crippen LogP contribution is 2.22. The van der Waals surface area contributed by atoms with Crippen LogP contribution in [0.3, 0.4) is 0 Å². The second-order valence-corrected chi connectivity index (χ2v) is 7.34. The number of nitrogens with one attached hydrogen (secondary N) is 1. The summed E-state index contributed by atoms with van der Waals surface area (Å²) in [5, 5.41) is 16.1. The summed E-state index contributed by atoms with van der Waals surface area (Å²) >= 11 is 0. The molecule has 3 heterocycles. The normalized spacial score (nSPS) is 10.9. The molecule has 7 nitrogen and oxygen atoms in total. The van der Waals surface area contributed by atoms with Gasteiger partial charge in [-0.3, -0.25) is 9.78 Å². The molecule has 0 saturated heterocycles. The van der Waals surface area contributed by atoms with Crippen LogP contribution in [0.2, 0.25) is 0 Å². The van der Waals surface area contributed by atoms with E-state index in [1.807, 2.05) is 84.9 Å². The molecule has 1 amide bonds. The molecule has 0 bridgehead atoms. The Bertz CT molecular complexity index is 1350. The molecule has 0 aliphatic heterocycles. The number of carbonyl (C=O) groups is 1. The molecule has 0 atom stereocenters. The number of hydrogen-bond acceptors (Lipinski definition) is 5. The Kier molecular flexibility index (Phi) is 5.36. The first-order chi connectivity index (χ1) is 15.8. The molecule has 5 aromatic rings. The van der Waals surface area contributed by atoms with Gasteiger partial charge >= 0.3 is 0 Å². The lowest BCUT2D eigenvalue weighted by Gasteiger charge is -2.07. The number of pyridine rings is 1. The molecule has 0 unspecified atom stereocenters. The highest BCUT2D eigenvalue weighted by atomic mass is 16.1. The summed E-state index contributed by atoms with van der Waals surface area (Å²) in [7, 11) is 0. The first-order valence-electron chi connectivity index (χ1n) is 10.3. The van der Waals surface area contributed by atoms with Crippen LogP contribution in [0.5, 0.6) is 0 Å². The van der Waals surface area contributed by atoms with E-state index in [1.54, 1.807) is 10.7 Å². The molecule has 5 rings (SSSR count). The standard InChI is InChI=1S/C25H20N6O/c32-24(16-9-18-6-2-1-3-7-18)27-20-12-10-19(11-13-20)21-14-15-23-28-29-25(31(23)30-21)22-8-4-5-17-26-22/h1-8,10-15,17H,9,16H2,(H,27,32). The van der Waals surface area contributed by atoms with Gasteiger partial charge in [0.05, 0.1) is 5.69 Å². The van der Waals surface area contributed by atoms with Crippen molar-refractivity contribution in [3.8, 4) is 22.8 Å². The molecule has 32 heavy (non-hydrogen) atoms. The fourth-order valence-electron chi connectivity index (χ4n) is 3.45. The Balaban J connectivity index is 1.31. The fraction of sp³-hybridized carbons (Fsp3) is 0.0800. The third-order valence-corrected chi connectivity index (χ3v) is 5.10. The van der Waals surface area contributed by atoms with Gasteiger partial charge in [0.1, 0.15) is 5.69 Å². The molecule has 1 N–H and O–H groups in total. The average Bonchev–Trinajstić information content (AvgIpc) is 3.28. The molecule has 2 aromatic carbocycles. The van der Waals surface area contributed by atoms with Crippen molar-refractivity contribution in [2.45, 2.75) is 12.8 Å². The monoisotopic (exact) mass is 420 g/mol. The van der Waals surface area contributed by atoms with Crippen molar-refractivity contribution in [1.82, 2.24) is 24.8 Å². The average molecular weight is 420 g/mol. The number of rotatable bonds is 6. The molecule has 7 heteroatoms. The van der Waals surface area contributed by atoms with Crippen molar-refractivity contribution < 1.29 is 4.79 Å². The van der Waals surface area contributed by atoms with Crippen LogP contribution in [-0.4, -0.2) is 30.7 Å². The first kappa shape index (κ1) is 19.6. The quantitative estimate of drug-likeness (QED) is 0.439. The number of carbonyl (C=O) groups excluding carboxylic acids is 1. The van der Waals surface area contributed by atoms with Crippen LogP contribution in [0.15, 0.2) is 91.1 Å². The zero-order valence-electron chi connectivity index (χ0n) is 17.2. The number of benzene rings is 2. The number of aryl methyl sites for hydroxylation is 1. The highest BCUT2D eigenvalue weighted by molar-refractivity contribution is 5.91. The van der Waals surface area contributed by atoms with Crippen molar-refractivity contribution in [2.24, 2.45) is 0 Å². The third-order valence-electron chi connectivity index (χ3n) is 5.10. The summed E-state index contributed by atoms with van der Waals surface area (Å²) in [6.45, 7) is 0. The zero-order chi connectivity index (χ0) is 21.8. The van der Waals surface area contributed by atoms with Crippen molar-refractivity contribution in [2.75, 3.05) is 5.32 Å². The van der Waals surface area contributed by atoms with Gasteiger partial charge in [0, 0.05) is 23.9 Å². The van der Waals surface area contributed by atoms with Gasteiger partial charge in [-0.15, -0.1) is 10.2 Å². The Labute approximate surface area is 184 Å². The maximum atomic E-state index is 12.3. The van der Waals surface area contributed by atoms with E-state index in [2.05, 4.69) is 20.5 Å². The lowest BCUT2D eigenvalue weighted by Crippen LogP contribution is -2.12. The predicted molar refractivity (Wildman–Crippen MR) is 123 cm³/mol. The summed E-state index contributed by atoms with van der Waals surface area (Å²) < 4.78 is 1.69. The second kappa shape index (κ2) is 8.77. The molecule has 0 aliphatic rings. The van der Waals surface area contributed by atoms with Gasteiger partial charge in [-0.1, -0.05) is 48.5 Å². The Morgan fingerprint density at radius 1 is 0.812 bits per heavy atom. The van der Waals surface area contributed by atoms with Crippen LogP contribution in [0.4, 0.5) is 5.69 Å². The lowest BCUT2D eigenvalue weighted by atomic mass is 10.1. The van der Waals surface area contributed by atoms with Gasteiger partial charge in [-0.25, -0.2) is 0 Å². The minimum Gasteiger partial charge on any atom is -0.326 e. The summed E-state index contributed by atoms with van der Waals surface area (Å²) in [5.74, 6) is 0.579. The Morgan fingerprint density at radius 3 is 2.41 bits per heavy atom. The molecular formula is C25H20N6O. The molecule has 0 spiro atoms. The number of aromatic nitrogens is 5. The summed E-state index contributed by atoms with van der Waals surface area (Å²) in [6.07, 6.45) is 2.87. The highest BCUT2D eigenvalue weighted by Gasteiger charge is 2.12. The Hall–Kier alpha value is -4.39. The largest absolute Gasteiger partial charge is 0.326 e. The molecule has 0 fully saturated rings. The van der Waals surface area contributed by atoms with E-state index in [4.69, 9.17) is 5.10 Å². The second-order valence-electron chi connectivity index (χ2n) is 7.34. The maximum Gasteiger partial charge on any atom is 0.224 e. The number of nitrogens with zero attached hydrogens (tertiary/aromatic N) is 5. The van der Waals surface area contributed by atoms with E-state index in [0.717, 1.165) is 22.5 Å². The smallest absolute Gasteiger partial charge is 0.224 e. The van der Waals surface area contributed by atoms with Gasteiger partial charge in [-0.05, 0) is 48.4 Å². The number of amides is 1. The fourth-order valence-corrected chi connectivity index (χ4v) is 3.45. The third kappa shape index (κ3) is 4.22. The van der Waals surface area contributed by atoms with Crippen LogP contribution < -0.4 is 5.32 Å². The zero-order valence-corrected chi connectivity index (χ0v) is 17.2. The minimum atomic E-state index is -0.00867. The van der Waals surface area contributed by atoms with Crippen LogP contribution in [0.1, 0.15) is 12.0 Å². The van der Waals surface area contributed by atoms with Crippen LogP contribution in [0, 0.1) is 0 Å². The topological polar surface area (TPSA) is 85.1 Å². The van der Waals surface area contributed by atoms with Gasteiger partial charge in [0.15, 0.2) is 5.65 Å². The van der Waals surface area contributed by atoms with E-state index in [-0.39, 0.29) is 5.91 Å². The molecule has 3 aromatic heterocycles. The summed E-state index contributed by atoms with van der Waals surface area (Å²) in [4.78, 5) is 16.6. The number of fused-ring (bicyclic) bond motifs is 1. The van der Waals surface area contributed by atoms with E-state index in [0.29, 0.717) is 30.0 Å². The summed E-state index contributed by atoms with van der Waals surface area (Å²) in [5.41, 5.74) is 4.96. The van der Waals surface area contributed by atoms with Gasteiger partial charge in [-0.2, -0.15) is 9.61 Å². The van der Waals surface area contributed by atoms with Crippen LogP contribution in [0.25, 0.3) is 28.4 Å². The molecule has 0 saturated carbocycles. The SMILES string of the molecule is O=C(CCc1ccccc1)Nc1ccc(-c2ccc3nnc(-c4ccccn4)n3n2)cc1. The first-order valence-corrected chi connectivity index (χ1v) is 10.3. The maximum absolute atomic E-state index is 12.3. The lowest BCUT2D eigenvalue weighted by molar-refractivity contribution is -0.116. The van der Waals surface area contributed by atoms with E-state index in [9.17, 15) is 4.79 Å². The minimum absolute atomic E-state index is 0.00867. The van der Waals surface area contributed by atoms with Gasteiger partial charge in [0.2, 0.25) is 11.7 Å². The van der Waals surface area contributed by atoms with E-state index < -0.39 is 0 Å². The van der Waals surface area contributed by atoms with Gasteiger partial charge < -0.3 is 5.32 Å². The van der Waals surface area contributed by atoms with Crippen molar-refractivity contribution in [3.05, 3.63) is 96.7 Å². The van der Waals surface area contributed by atoms with E-state index >= 15 is 0 Å². The van der Waals surface area contributed by atoms with E-state index in [1.165, 1.54) is 0 Å². The number of anilines is 1. The summed E-state index contributed by atoms with van der Waals surface area (Å²) in [6, 6.07) is 27.0. The molecular weight excluding hydrogens is 400 g/mol. The Morgan fingerprint density at radius 2 is 1.62 bits per heavy atom. The predicted octanol–water partition coefficient (Wildman–Crippen LogP) is 4.42.